The van der Waals surface area contributed by atoms with Gasteiger partial charge in [0.1, 0.15) is 11.5 Å². The van der Waals surface area contributed by atoms with E-state index in [1.165, 1.54) is 92.6 Å². The highest BCUT2D eigenvalue weighted by molar-refractivity contribution is 9.09. The molecule has 0 atom stereocenters. The van der Waals surface area contributed by atoms with Gasteiger partial charge in [-0.05, 0) is 92.4 Å². The van der Waals surface area contributed by atoms with Crippen LogP contribution in [0.25, 0.3) is 0 Å². The zero-order chi connectivity index (χ0) is 36.6. The zero-order valence-electron chi connectivity index (χ0n) is 31.4. The Morgan fingerprint density at radius 1 is 0.491 bits per heavy atom. The second-order valence-electron chi connectivity index (χ2n) is 14.7. The lowest BCUT2D eigenvalue weighted by Crippen LogP contribution is -2.33. The number of fused-ring (bicyclic) bond motifs is 2. The first-order valence-electron chi connectivity index (χ1n) is 19.4. The standard InChI is InChI=1S/C49H51BrOP2/c1-4-5-11-22-37-33-43-47(45(35-37)52(39-24-13-6-14-25-39)40-26-15-7-16-27-40)51-48-44(49(43,2)3)34-38(23-12-10-21-32-50)36-46(48)53(41-28-17-8-18-29-41)42-30-19-9-20-31-42/h6-9,13-20,24-31,33-36H,4-5,10-12,21-23,32H2,1-3H3. The van der Waals surface area contributed by atoms with Crippen LogP contribution in [0.3, 0.4) is 0 Å². The first kappa shape index (κ1) is 37.8. The zero-order valence-corrected chi connectivity index (χ0v) is 34.8. The first-order valence-corrected chi connectivity index (χ1v) is 23.2. The van der Waals surface area contributed by atoms with Gasteiger partial charge in [-0.25, -0.2) is 0 Å². The Labute approximate surface area is 328 Å². The van der Waals surface area contributed by atoms with Crippen LogP contribution < -0.4 is 36.6 Å². The summed E-state index contributed by atoms with van der Waals surface area (Å²) in [5.41, 5.74) is 5.22. The quantitative estimate of drug-likeness (QED) is 0.0571. The number of alkyl halides is 1. The summed E-state index contributed by atoms with van der Waals surface area (Å²) in [7, 11) is -1.77. The molecule has 270 valence electrons. The summed E-state index contributed by atoms with van der Waals surface area (Å²) in [5, 5.41) is 9.11. The predicted octanol–water partition coefficient (Wildman–Crippen LogP) is 11.5. The molecule has 1 nitrogen and oxygen atoms in total. The van der Waals surface area contributed by atoms with Gasteiger partial charge < -0.3 is 4.74 Å². The Balaban J connectivity index is 1.48. The van der Waals surface area contributed by atoms with Crippen LogP contribution in [0.5, 0.6) is 11.5 Å². The van der Waals surface area contributed by atoms with E-state index < -0.39 is 15.8 Å². The second kappa shape index (κ2) is 17.7. The Bertz CT molecular complexity index is 2000. The summed E-state index contributed by atoms with van der Waals surface area (Å²) in [6.07, 6.45) is 9.41. The monoisotopic (exact) mass is 796 g/mol. The average Bonchev–Trinajstić information content (AvgIpc) is 3.19. The maximum absolute atomic E-state index is 7.63. The topological polar surface area (TPSA) is 9.23 Å². The third kappa shape index (κ3) is 8.42. The van der Waals surface area contributed by atoms with Gasteiger partial charge in [-0.2, -0.15) is 0 Å². The lowest BCUT2D eigenvalue weighted by Gasteiger charge is -2.39. The Morgan fingerprint density at radius 3 is 1.23 bits per heavy atom. The van der Waals surface area contributed by atoms with Gasteiger partial charge >= 0.3 is 0 Å². The highest BCUT2D eigenvalue weighted by atomic mass is 79.9. The molecule has 53 heavy (non-hydrogen) atoms. The minimum Gasteiger partial charge on any atom is -0.455 e. The number of halogens is 1. The number of rotatable bonds is 15. The van der Waals surface area contributed by atoms with Crippen molar-refractivity contribution in [1.29, 1.82) is 0 Å². The van der Waals surface area contributed by atoms with E-state index in [-0.39, 0.29) is 5.41 Å². The molecule has 0 N–H and O–H groups in total. The molecule has 0 radical (unpaired) electrons. The van der Waals surface area contributed by atoms with Crippen molar-refractivity contribution in [2.75, 3.05) is 5.33 Å². The van der Waals surface area contributed by atoms with Gasteiger partial charge in [0.25, 0.3) is 0 Å². The van der Waals surface area contributed by atoms with E-state index in [9.17, 15) is 0 Å². The summed E-state index contributed by atoms with van der Waals surface area (Å²) in [6.45, 7) is 7.20. The van der Waals surface area contributed by atoms with Crippen LogP contribution in [0, 0.1) is 0 Å². The van der Waals surface area contributed by atoms with Gasteiger partial charge in [-0.15, -0.1) is 0 Å². The van der Waals surface area contributed by atoms with Gasteiger partial charge in [-0.1, -0.05) is 189 Å². The fraction of sp³-hybridized carbons (Fsp3) is 0.265. The van der Waals surface area contributed by atoms with Crippen LogP contribution in [-0.4, -0.2) is 5.33 Å². The maximum atomic E-state index is 7.63. The van der Waals surface area contributed by atoms with Crippen LogP contribution in [0.2, 0.25) is 0 Å². The van der Waals surface area contributed by atoms with Crippen molar-refractivity contribution in [1.82, 2.24) is 0 Å². The van der Waals surface area contributed by atoms with E-state index in [4.69, 9.17) is 4.74 Å². The molecule has 4 heteroatoms. The van der Waals surface area contributed by atoms with Crippen molar-refractivity contribution in [2.24, 2.45) is 0 Å². The van der Waals surface area contributed by atoms with Gasteiger partial charge in [0, 0.05) is 32.5 Å². The highest BCUT2D eigenvalue weighted by Gasteiger charge is 2.40. The fourth-order valence-electron chi connectivity index (χ4n) is 7.70. The molecular formula is C49H51BrOP2. The largest absolute Gasteiger partial charge is 0.455 e. The third-order valence-electron chi connectivity index (χ3n) is 10.5. The van der Waals surface area contributed by atoms with Gasteiger partial charge in [0.05, 0.1) is 0 Å². The molecule has 0 unspecified atom stereocenters. The van der Waals surface area contributed by atoms with E-state index in [0.29, 0.717) is 0 Å². The molecule has 0 spiro atoms. The van der Waals surface area contributed by atoms with Crippen LogP contribution >= 0.6 is 31.8 Å². The van der Waals surface area contributed by atoms with Gasteiger partial charge in [0.2, 0.25) is 0 Å². The molecule has 1 aliphatic heterocycles. The van der Waals surface area contributed by atoms with Crippen molar-refractivity contribution in [3.8, 4) is 11.5 Å². The average molecular weight is 798 g/mol. The number of benzene rings is 6. The molecule has 1 heterocycles. The van der Waals surface area contributed by atoms with Crippen molar-refractivity contribution in [2.45, 2.75) is 77.6 Å². The number of unbranched alkanes of at least 4 members (excludes halogenated alkanes) is 4. The molecule has 1 aliphatic rings. The van der Waals surface area contributed by atoms with E-state index in [0.717, 1.165) is 29.7 Å². The highest BCUT2D eigenvalue weighted by Crippen LogP contribution is 2.53. The molecular weight excluding hydrogens is 746 g/mol. The molecule has 0 bridgehead atoms. The van der Waals surface area contributed by atoms with Crippen molar-refractivity contribution in [3.63, 3.8) is 0 Å². The number of ether oxygens (including phenoxy) is 1. The lowest BCUT2D eigenvalue weighted by atomic mass is 9.74. The Morgan fingerprint density at radius 2 is 0.868 bits per heavy atom. The third-order valence-corrected chi connectivity index (χ3v) is 16.0. The van der Waals surface area contributed by atoms with E-state index >= 15 is 0 Å². The second-order valence-corrected chi connectivity index (χ2v) is 19.8. The summed E-state index contributed by atoms with van der Waals surface area (Å²) >= 11 is 3.66. The number of hydrogen-bond acceptors (Lipinski definition) is 1. The first-order chi connectivity index (χ1) is 26.0. The van der Waals surface area contributed by atoms with E-state index in [1.54, 1.807) is 0 Å². The normalized spacial score (nSPS) is 13.1. The van der Waals surface area contributed by atoms with E-state index in [2.05, 4.69) is 182 Å². The summed E-state index contributed by atoms with van der Waals surface area (Å²) in [5.74, 6) is 2.12. The summed E-state index contributed by atoms with van der Waals surface area (Å²) in [4.78, 5) is 0. The fourth-order valence-corrected chi connectivity index (χ4v) is 13.0. The minimum absolute atomic E-state index is 0.262. The Hall–Kier alpha value is -3.54. The molecule has 0 saturated heterocycles. The smallest absolute Gasteiger partial charge is 0.139 e. The van der Waals surface area contributed by atoms with Gasteiger partial charge in [-0.3, -0.25) is 0 Å². The molecule has 0 fully saturated rings. The lowest BCUT2D eigenvalue weighted by molar-refractivity contribution is 0.424. The summed E-state index contributed by atoms with van der Waals surface area (Å²) < 4.78 is 7.63. The molecule has 0 aliphatic carbocycles. The van der Waals surface area contributed by atoms with Crippen LogP contribution in [0.1, 0.15) is 81.5 Å². The maximum Gasteiger partial charge on any atom is 0.139 e. The van der Waals surface area contributed by atoms with Crippen LogP contribution in [-0.2, 0) is 18.3 Å². The van der Waals surface area contributed by atoms with Crippen LogP contribution in [0.15, 0.2) is 146 Å². The van der Waals surface area contributed by atoms with Crippen LogP contribution in [0.4, 0.5) is 0 Å². The minimum atomic E-state index is -0.885. The van der Waals surface area contributed by atoms with Gasteiger partial charge in [0.15, 0.2) is 0 Å². The number of hydrogen-bond donors (Lipinski definition) is 0. The number of aryl methyl sites for hydroxylation is 2. The molecule has 0 aromatic heterocycles. The SMILES string of the molecule is CCCCCc1cc(P(c2ccccc2)c2ccccc2)c2c(c1)C(C)(C)c1cc(CCCCCBr)cc(P(c3ccccc3)c3ccccc3)c1O2. The molecule has 6 aromatic rings. The molecule has 6 aromatic carbocycles. The van der Waals surface area contributed by atoms with Crippen molar-refractivity contribution >= 4 is 63.6 Å². The summed E-state index contributed by atoms with van der Waals surface area (Å²) in [6, 6.07) is 54.6. The van der Waals surface area contributed by atoms with Crippen molar-refractivity contribution in [3.05, 3.63) is 168 Å². The Kier molecular flexibility index (Phi) is 12.6. The molecule has 0 amide bonds. The molecule has 7 rings (SSSR count). The van der Waals surface area contributed by atoms with E-state index in [1.807, 2.05) is 0 Å². The molecule has 0 saturated carbocycles. The van der Waals surface area contributed by atoms with Crippen molar-refractivity contribution < 1.29 is 4.74 Å². The predicted molar refractivity (Wildman–Crippen MR) is 237 cm³/mol.